The molecule has 2 fully saturated rings. The van der Waals surface area contributed by atoms with Gasteiger partial charge in [0.25, 0.3) is 0 Å². The maximum absolute atomic E-state index is 6.23. The Morgan fingerprint density at radius 2 is 2.12 bits per heavy atom. The van der Waals surface area contributed by atoms with Crippen molar-refractivity contribution < 1.29 is 4.74 Å². The van der Waals surface area contributed by atoms with E-state index in [9.17, 15) is 0 Å². The van der Waals surface area contributed by atoms with Crippen LogP contribution in [0.25, 0.3) is 0 Å². The predicted molar refractivity (Wildman–Crippen MR) is 68.1 cm³/mol. The third kappa shape index (κ3) is 3.12. The van der Waals surface area contributed by atoms with Crippen molar-refractivity contribution in [2.45, 2.75) is 57.2 Å². The smallest absolute Gasteiger partial charge is 0.0708 e. The summed E-state index contributed by atoms with van der Waals surface area (Å²) in [5, 5.41) is 3.47. The van der Waals surface area contributed by atoms with Gasteiger partial charge in [-0.1, -0.05) is 19.8 Å². The number of hydrogen-bond acceptors (Lipinski definition) is 2. The van der Waals surface area contributed by atoms with Crippen molar-refractivity contribution in [2.75, 3.05) is 19.0 Å². The fraction of sp³-hybridized carbons (Fsp3) is 1.00. The van der Waals surface area contributed by atoms with Gasteiger partial charge in [-0.25, -0.2) is 0 Å². The summed E-state index contributed by atoms with van der Waals surface area (Å²) in [5.41, 5.74) is 0.282. The molecular formula is C13H24ClNO. The molecule has 2 rings (SSSR count). The van der Waals surface area contributed by atoms with E-state index >= 15 is 0 Å². The van der Waals surface area contributed by atoms with E-state index in [1.807, 2.05) is 0 Å². The molecule has 1 spiro atoms. The van der Waals surface area contributed by atoms with E-state index in [4.69, 9.17) is 16.3 Å². The SMILES string of the molecule is CC(CCl)CNCC1CCC2(CCCC2)O1. The van der Waals surface area contributed by atoms with Crippen molar-refractivity contribution >= 4 is 11.6 Å². The van der Waals surface area contributed by atoms with E-state index in [1.165, 1.54) is 38.5 Å². The average molecular weight is 246 g/mol. The van der Waals surface area contributed by atoms with Crippen molar-refractivity contribution in [3.63, 3.8) is 0 Å². The van der Waals surface area contributed by atoms with E-state index in [0.29, 0.717) is 12.0 Å². The first kappa shape index (κ1) is 12.7. The fourth-order valence-electron chi connectivity index (χ4n) is 2.97. The van der Waals surface area contributed by atoms with Gasteiger partial charge in [0.05, 0.1) is 11.7 Å². The third-order valence-electron chi connectivity index (χ3n) is 3.98. The van der Waals surface area contributed by atoms with Crippen LogP contribution in [0.1, 0.15) is 45.4 Å². The average Bonchev–Trinajstić information content (AvgIpc) is 2.90. The minimum Gasteiger partial charge on any atom is -0.370 e. The first-order chi connectivity index (χ1) is 7.74. The molecule has 1 heterocycles. The van der Waals surface area contributed by atoms with Gasteiger partial charge in [-0.3, -0.25) is 0 Å². The monoisotopic (exact) mass is 245 g/mol. The predicted octanol–water partition coefficient (Wildman–Crippen LogP) is 2.94. The Balaban J connectivity index is 1.65. The molecule has 2 atom stereocenters. The summed E-state index contributed by atoms with van der Waals surface area (Å²) in [4.78, 5) is 0. The standard InChI is InChI=1S/C13H24ClNO/c1-11(8-14)9-15-10-12-4-7-13(16-12)5-2-3-6-13/h11-12,15H,2-10H2,1H3. The van der Waals surface area contributed by atoms with Crippen LogP contribution >= 0.6 is 11.6 Å². The Morgan fingerprint density at radius 1 is 1.38 bits per heavy atom. The molecule has 0 aromatic heterocycles. The quantitative estimate of drug-likeness (QED) is 0.752. The Morgan fingerprint density at radius 3 is 2.81 bits per heavy atom. The summed E-state index contributed by atoms with van der Waals surface area (Å²) in [6.07, 6.45) is 8.28. The van der Waals surface area contributed by atoms with Crippen LogP contribution in [0.2, 0.25) is 0 Å². The molecule has 16 heavy (non-hydrogen) atoms. The molecule has 0 bridgehead atoms. The van der Waals surface area contributed by atoms with E-state index in [0.717, 1.165) is 19.0 Å². The lowest BCUT2D eigenvalue weighted by atomic mass is 9.98. The highest BCUT2D eigenvalue weighted by atomic mass is 35.5. The molecule has 3 heteroatoms. The lowest BCUT2D eigenvalue weighted by Gasteiger charge is -2.24. The maximum atomic E-state index is 6.23. The molecule has 1 aliphatic carbocycles. The molecule has 1 N–H and O–H groups in total. The zero-order valence-electron chi connectivity index (χ0n) is 10.3. The van der Waals surface area contributed by atoms with E-state index in [1.54, 1.807) is 0 Å². The van der Waals surface area contributed by atoms with Crippen molar-refractivity contribution in [2.24, 2.45) is 5.92 Å². The van der Waals surface area contributed by atoms with E-state index < -0.39 is 0 Å². The molecule has 2 aliphatic rings. The van der Waals surface area contributed by atoms with Gasteiger partial charge in [0.2, 0.25) is 0 Å². The lowest BCUT2D eigenvalue weighted by Crippen LogP contribution is -2.33. The first-order valence-corrected chi connectivity index (χ1v) is 7.22. The summed E-state index contributed by atoms with van der Waals surface area (Å²) >= 11 is 5.77. The van der Waals surface area contributed by atoms with Crippen molar-refractivity contribution in [1.82, 2.24) is 5.32 Å². The van der Waals surface area contributed by atoms with Gasteiger partial charge in [-0.15, -0.1) is 11.6 Å². The second-order valence-corrected chi connectivity index (χ2v) is 5.89. The van der Waals surface area contributed by atoms with Crippen LogP contribution in [-0.2, 0) is 4.74 Å². The molecule has 2 unspecified atom stereocenters. The number of hydrogen-bond donors (Lipinski definition) is 1. The maximum Gasteiger partial charge on any atom is 0.0708 e. The summed E-state index contributed by atoms with van der Waals surface area (Å²) in [6.45, 7) is 4.19. The van der Waals surface area contributed by atoms with Gasteiger partial charge in [0, 0.05) is 12.4 Å². The van der Waals surface area contributed by atoms with Crippen LogP contribution in [0.4, 0.5) is 0 Å². The van der Waals surface area contributed by atoms with Crippen LogP contribution in [0.15, 0.2) is 0 Å². The van der Waals surface area contributed by atoms with Gasteiger partial charge < -0.3 is 10.1 Å². The number of halogens is 1. The van der Waals surface area contributed by atoms with Gasteiger partial charge in [-0.05, 0) is 38.1 Å². The van der Waals surface area contributed by atoms with Crippen molar-refractivity contribution in [3.8, 4) is 0 Å². The van der Waals surface area contributed by atoms with Gasteiger partial charge in [-0.2, -0.15) is 0 Å². The third-order valence-corrected chi connectivity index (χ3v) is 4.51. The zero-order valence-corrected chi connectivity index (χ0v) is 11.1. The van der Waals surface area contributed by atoms with Crippen molar-refractivity contribution in [1.29, 1.82) is 0 Å². The van der Waals surface area contributed by atoms with Crippen LogP contribution in [0, 0.1) is 5.92 Å². The summed E-state index contributed by atoms with van der Waals surface area (Å²) in [5.74, 6) is 1.30. The molecule has 2 nitrogen and oxygen atoms in total. The Hall–Kier alpha value is 0.210. The second-order valence-electron chi connectivity index (χ2n) is 5.59. The topological polar surface area (TPSA) is 21.3 Å². The number of ether oxygens (including phenoxy) is 1. The molecular weight excluding hydrogens is 222 g/mol. The Bertz CT molecular complexity index is 216. The summed E-state index contributed by atoms with van der Waals surface area (Å²) in [6, 6.07) is 0. The molecule has 1 saturated carbocycles. The largest absolute Gasteiger partial charge is 0.370 e. The summed E-state index contributed by atoms with van der Waals surface area (Å²) in [7, 11) is 0. The molecule has 0 amide bonds. The molecule has 1 saturated heterocycles. The highest BCUT2D eigenvalue weighted by Gasteiger charge is 2.41. The number of alkyl halides is 1. The molecule has 0 aromatic rings. The number of nitrogens with one attached hydrogen (secondary N) is 1. The molecule has 94 valence electrons. The highest BCUT2D eigenvalue weighted by molar-refractivity contribution is 6.18. The lowest BCUT2D eigenvalue weighted by molar-refractivity contribution is -0.0351. The van der Waals surface area contributed by atoms with Crippen LogP contribution in [-0.4, -0.2) is 30.7 Å². The minimum atomic E-state index is 0.282. The normalized spacial score (nSPS) is 30.0. The van der Waals surface area contributed by atoms with Gasteiger partial charge in [0.1, 0.15) is 0 Å². The summed E-state index contributed by atoms with van der Waals surface area (Å²) < 4.78 is 6.23. The second kappa shape index (κ2) is 5.70. The minimum absolute atomic E-state index is 0.282. The zero-order chi connectivity index (χ0) is 11.4. The van der Waals surface area contributed by atoms with Crippen molar-refractivity contribution in [3.05, 3.63) is 0 Å². The van der Waals surface area contributed by atoms with E-state index in [2.05, 4.69) is 12.2 Å². The van der Waals surface area contributed by atoms with Gasteiger partial charge >= 0.3 is 0 Å². The van der Waals surface area contributed by atoms with Crippen LogP contribution in [0.5, 0.6) is 0 Å². The number of rotatable bonds is 5. The highest BCUT2D eigenvalue weighted by Crippen LogP contribution is 2.43. The first-order valence-electron chi connectivity index (χ1n) is 6.69. The Kier molecular flexibility index (Phi) is 4.51. The molecule has 1 aliphatic heterocycles. The van der Waals surface area contributed by atoms with Crippen LogP contribution in [0.3, 0.4) is 0 Å². The van der Waals surface area contributed by atoms with Gasteiger partial charge in [0.15, 0.2) is 0 Å². The molecule has 0 aromatic carbocycles. The molecule has 0 radical (unpaired) electrons. The van der Waals surface area contributed by atoms with E-state index in [-0.39, 0.29) is 5.60 Å². The Labute approximate surface area is 104 Å². The fourth-order valence-corrected chi connectivity index (χ4v) is 3.08. The van der Waals surface area contributed by atoms with Crippen LogP contribution < -0.4 is 5.32 Å².